The second-order valence-electron chi connectivity index (χ2n) is 5.70. The first-order valence-corrected chi connectivity index (χ1v) is 7.81. The molecule has 1 aromatic carbocycles. The monoisotopic (exact) mass is 326 g/mol. The first-order chi connectivity index (χ1) is 11.6. The number of carbonyl (C=O) groups excluding carboxylic acids is 1. The number of carboxylic acid groups (broad SMARTS) is 1. The van der Waals surface area contributed by atoms with Gasteiger partial charge in [-0.1, -0.05) is 30.3 Å². The highest BCUT2D eigenvalue weighted by molar-refractivity contribution is 5.88. The van der Waals surface area contributed by atoms with Crippen molar-refractivity contribution in [2.75, 3.05) is 18.4 Å². The maximum Gasteiger partial charge on any atom is 0.323 e. The molecule has 3 rings (SSSR count). The lowest BCUT2D eigenvalue weighted by Gasteiger charge is -2.29. The lowest BCUT2D eigenvalue weighted by atomic mass is 9.97. The van der Waals surface area contributed by atoms with Gasteiger partial charge in [0.25, 0.3) is 0 Å². The molecule has 1 aromatic heterocycles. The van der Waals surface area contributed by atoms with E-state index < -0.39 is 5.97 Å². The van der Waals surface area contributed by atoms with E-state index in [0.717, 1.165) is 11.3 Å². The Morgan fingerprint density at radius 3 is 2.33 bits per heavy atom. The molecule has 0 saturated carbocycles. The number of amides is 2. The lowest BCUT2D eigenvalue weighted by Crippen LogP contribution is -2.42. The second-order valence-corrected chi connectivity index (χ2v) is 5.70. The summed E-state index contributed by atoms with van der Waals surface area (Å²) in [6.45, 7) is 0.858. The molecular weight excluding hydrogens is 308 g/mol. The smallest absolute Gasteiger partial charge is 0.323 e. The van der Waals surface area contributed by atoms with Gasteiger partial charge in [0.2, 0.25) is 0 Å². The van der Waals surface area contributed by atoms with Crippen LogP contribution in [0.15, 0.2) is 42.5 Å². The van der Waals surface area contributed by atoms with Gasteiger partial charge in [-0.05, 0) is 25.0 Å². The van der Waals surface area contributed by atoms with E-state index in [9.17, 15) is 9.59 Å². The molecule has 0 atom stereocenters. The summed E-state index contributed by atoms with van der Waals surface area (Å²) in [6, 6.07) is 12.9. The van der Waals surface area contributed by atoms with Crippen LogP contribution in [0.3, 0.4) is 0 Å². The molecule has 7 heteroatoms. The third-order valence-electron chi connectivity index (χ3n) is 4.10. The van der Waals surface area contributed by atoms with E-state index in [1.54, 1.807) is 17.0 Å². The van der Waals surface area contributed by atoms with Crippen molar-refractivity contribution in [1.29, 1.82) is 0 Å². The number of aromatic nitrogens is 2. The van der Waals surface area contributed by atoms with Crippen molar-refractivity contribution in [3.63, 3.8) is 0 Å². The minimum Gasteiger partial charge on any atom is -0.481 e. The van der Waals surface area contributed by atoms with E-state index in [1.807, 2.05) is 30.3 Å². The van der Waals surface area contributed by atoms with Crippen molar-refractivity contribution in [3.05, 3.63) is 42.5 Å². The molecule has 1 fully saturated rings. The molecule has 1 aliphatic heterocycles. The van der Waals surface area contributed by atoms with Crippen molar-refractivity contribution in [1.82, 2.24) is 15.1 Å². The summed E-state index contributed by atoms with van der Waals surface area (Å²) >= 11 is 0. The van der Waals surface area contributed by atoms with Crippen LogP contribution >= 0.6 is 0 Å². The number of carbonyl (C=O) groups is 2. The summed E-state index contributed by atoms with van der Waals surface area (Å²) in [4.78, 5) is 24.7. The van der Waals surface area contributed by atoms with Crippen LogP contribution < -0.4 is 5.32 Å². The first kappa shape index (κ1) is 15.9. The van der Waals surface area contributed by atoms with Crippen molar-refractivity contribution < 1.29 is 14.7 Å². The van der Waals surface area contributed by atoms with Gasteiger partial charge in [-0.25, -0.2) is 4.79 Å². The topological polar surface area (TPSA) is 95.4 Å². The molecule has 1 saturated heterocycles. The number of anilines is 1. The molecule has 24 heavy (non-hydrogen) atoms. The van der Waals surface area contributed by atoms with Gasteiger partial charge >= 0.3 is 12.0 Å². The minimum absolute atomic E-state index is 0.277. The van der Waals surface area contributed by atoms with Crippen LogP contribution in [0.25, 0.3) is 11.3 Å². The molecule has 2 N–H and O–H groups in total. The number of aliphatic carboxylic acids is 1. The first-order valence-electron chi connectivity index (χ1n) is 7.81. The van der Waals surface area contributed by atoms with Gasteiger partial charge in [-0.2, -0.15) is 0 Å². The Morgan fingerprint density at radius 2 is 1.75 bits per heavy atom. The third kappa shape index (κ3) is 3.68. The van der Waals surface area contributed by atoms with E-state index in [2.05, 4.69) is 15.5 Å². The highest BCUT2D eigenvalue weighted by Gasteiger charge is 2.27. The zero-order valence-electron chi connectivity index (χ0n) is 13.1. The fourth-order valence-corrected chi connectivity index (χ4v) is 2.68. The Labute approximate surface area is 139 Å². The van der Waals surface area contributed by atoms with Crippen LogP contribution in [0.5, 0.6) is 0 Å². The molecule has 2 heterocycles. The van der Waals surface area contributed by atoms with E-state index >= 15 is 0 Å². The molecule has 2 aromatic rings. The molecule has 0 aliphatic carbocycles. The van der Waals surface area contributed by atoms with E-state index in [4.69, 9.17) is 5.11 Å². The Hall–Kier alpha value is -2.96. The lowest BCUT2D eigenvalue weighted by molar-refractivity contribution is -0.143. The Balaban J connectivity index is 1.58. The summed E-state index contributed by atoms with van der Waals surface area (Å²) in [5.41, 5.74) is 1.69. The van der Waals surface area contributed by atoms with Crippen LogP contribution in [0, 0.1) is 5.92 Å². The number of likely N-dealkylation sites (tertiary alicyclic amines) is 1. The molecule has 0 spiro atoms. The average molecular weight is 326 g/mol. The molecule has 0 bridgehead atoms. The van der Waals surface area contributed by atoms with Gasteiger partial charge < -0.3 is 10.0 Å². The largest absolute Gasteiger partial charge is 0.481 e. The van der Waals surface area contributed by atoms with Crippen LogP contribution in [-0.4, -0.2) is 45.3 Å². The number of carboxylic acids is 1. The molecule has 0 radical (unpaired) electrons. The Morgan fingerprint density at radius 1 is 1.04 bits per heavy atom. The average Bonchev–Trinajstić information content (AvgIpc) is 2.63. The molecule has 124 valence electrons. The van der Waals surface area contributed by atoms with Crippen molar-refractivity contribution in [2.45, 2.75) is 12.8 Å². The van der Waals surface area contributed by atoms with Gasteiger partial charge in [0, 0.05) is 18.7 Å². The number of nitrogens with one attached hydrogen (secondary N) is 1. The Kier molecular flexibility index (Phi) is 4.69. The van der Waals surface area contributed by atoms with Gasteiger partial charge in [0.15, 0.2) is 5.82 Å². The number of nitrogens with zero attached hydrogens (tertiary/aromatic N) is 3. The number of urea groups is 1. The third-order valence-corrected chi connectivity index (χ3v) is 4.10. The van der Waals surface area contributed by atoms with Crippen molar-refractivity contribution >= 4 is 17.8 Å². The maximum atomic E-state index is 12.2. The highest BCUT2D eigenvalue weighted by atomic mass is 16.4. The summed E-state index contributed by atoms with van der Waals surface area (Å²) in [5.74, 6) is -0.781. The van der Waals surface area contributed by atoms with E-state index in [0.29, 0.717) is 31.7 Å². The predicted molar refractivity (Wildman–Crippen MR) is 88.4 cm³/mol. The summed E-state index contributed by atoms with van der Waals surface area (Å²) in [6.07, 6.45) is 0.947. The highest BCUT2D eigenvalue weighted by Crippen LogP contribution is 2.19. The van der Waals surface area contributed by atoms with E-state index in [-0.39, 0.29) is 11.9 Å². The minimum atomic E-state index is -0.794. The standard InChI is InChI=1S/C17H18N4O3/c22-16(23)13-8-10-21(11-9-13)17(24)18-15-7-6-14(19-20-15)12-4-2-1-3-5-12/h1-7,13H,8-11H2,(H,22,23)(H,18,20,24). The quantitative estimate of drug-likeness (QED) is 0.903. The molecular formula is C17H18N4O3. The summed E-state index contributed by atoms with van der Waals surface area (Å²) in [5, 5.41) is 19.8. The SMILES string of the molecule is O=C(O)C1CCN(C(=O)Nc2ccc(-c3ccccc3)nn2)CC1. The number of hydrogen-bond acceptors (Lipinski definition) is 4. The van der Waals surface area contributed by atoms with Crippen LogP contribution in [0.1, 0.15) is 12.8 Å². The van der Waals surface area contributed by atoms with Crippen LogP contribution in [0.2, 0.25) is 0 Å². The number of benzene rings is 1. The van der Waals surface area contributed by atoms with Crippen molar-refractivity contribution in [3.8, 4) is 11.3 Å². The number of rotatable bonds is 3. The summed E-state index contributed by atoms with van der Waals surface area (Å²) < 4.78 is 0. The number of hydrogen-bond donors (Lipinski definition) is 2. The van der Waals surface area contributed by atoms with E-state index in [1.165, 1.54) is 0 Å². The normalized spacial score (nSPS) is 15.1. The predicted octanol–water partition coefficient (Wildman–Crippen LogP) is 2.47. The van der Waals surface area contributed by atoms with Gasteiger partial charge in [0.1, 0.15) is 0 Å². The fraction of sp³-hybridized carbons (Fsp3) is 0.294. The van der Waals surface area contributed by atoms with Crippen LogP contribution in [0.4, 0.5) is 10.6 Å². The van der Waals surface area contributed by atoms with Gasteiger partial charge in [0.05, 0.1) is 11.6 Å². The molecule has 1 aliphatic rings. The molecule has 7 nitrogen and oxygen atoms in total. The second kappa shape index (κ2) is 7.08. The fourth-order valence-electron chi connectivity index (χ4n) is 2.68. The zero-order valence-corrected chi connectivity index (χ0v) is 13.1. The zero-order chi connectivity index (χ0) is 16.9. The van der Waals surface area contributed by atoms with Crippen molar-refractivity contribution in [2.24, 2.45) is 5.92 Å². The van der Waals surface area contributed by atoms with Gasteiger partial charge in [-0.15, -0.1) is 10.2 Å². The molecule has 2 amide bonds. The molecule has 0 unspecified atom stereocenters. The summed E-state index contributed by atoms with van der Waals surface area (Å²) in [7, 11) is 0. The Bertz CT molecular complexity index is 710. The van der Waals surface area contributed by atoms with Gasteiger partial charge in [-0.3, -0.25) is 10.1 Å². The number of piperidine rings is 1. The maximum absolute atomic E-state index is 12.2. The van der Waals surface area contributed by atoms with Crippen LogP contribution in [-0.2, 0) is 4.79 Å².